The van der Waals surface area contributed by atoms with Crippen molar-refractivity contribution in [3.63, 3.8) is 0 Å². The highest BCUT2D eigenvalue weighted by molar-refractivity contribution is 9.10. The molecule has 0 saturated heterocycles. The molecule has 124 valence electrons. The Morgan fingerprint density at radius 2 is 1.79 bits per heavy atom. The fraction of sp³-hybridized carbons (Fsp3) is 0.118. The number of nitrogens with one attached hydrogen (secondary N) is 2. The van der Waals surface area contributed by atoms with E-state index in [1.807, 2.05) is 24.3 Å². The summed E-state index contributed by atoms with van der Waals surface area (Å²) in [4.78, 5) is 23.6. The third kappa shape index (κ3) is 5.51. The summed E-state index contributed by atoms with van der Waals surface area (Å²) in [5.41, 5.74) is 3.65. The lowest BCUT2D eigenvalue weighted by atomic mass is 10.2. The number of benzene rings is 2. The average Bonchev–Trinajstić information content (AvgIpc) is 2.61. The van der Waals surface area contributed by atoms with Gasteiger partial charge in [0.1, 0.15) is 5.75 Å². The second-order valence-corrected chi connectivity index (χ2v) is 5.67. The standard InChI is InChI=1S/C17H16BrN3O3/c1-24-15-8-4-13(5-9-15)17(23)19-11-16(22)21-20-10-12-2-6-14(18)7-3-12/h2-10H,11H2,1H3,(H,19,23)(H,21,22). The molecule has 0 aliphatic carbocycles. The molecule has 0 heterocycles. The number of amides is 2. The lowest BCUT2D eigenvalue weighted by Gasteiger charge is -2.05. The Bertz CT molecular complexity index is 728. The highest BCUT2D eigenvalue weighted by Crippen LogP contribution is 2.11. The van der Waals surface area contributed by atoms with Gasteiger partial charge in [-0.1, -0.05) is 28.1 Å². The normalized spacial score (nSPS) is 10.4. The van der Waals surface area contributed by atoms with Gasteiger partial charge in [-0.3, -0.25) is 9.59 Å². The Morgan fingerprint density at radius 3 is 2.42 bits per heavy atom. The van der Waals surface area contributed by atoms with Gasteiger partial charge in [0.25, 0.3) is 11.8 Å². The quantitative estimate of drug-likeness (QED) is 0.587. The van der Waals surface area contributed by atoms with Crippen molar-refractivity contribution in [2.75, 3.05) is 13.7 Å². The SMILES string of the molecule is COc1ccc(C(=O)NCC(=O)NN=Cc2ccc(Br)cc2)cc1. The Labute approximate surface area is 148 Å². The van der Waals surface area contributed by atoms with Crippen molar-refractivity contribution in [3.8, 4) is 5.75 Å². The molecule has 0 radical (unpaired) electrons. The molecule has 6 nitrogen and oxygen atoms in total. The number of hydrazone groups is 1. The summed E-state index contributed by atoms with van der Waals surface area (Å²) in [6, 6.07) is 14.1. The number of carbonyl (C=O) groups excluding carboxylic acids is 2. The molecule has 7 heteroatoms. The van der Waals surface area contributed by atoms with Gasteiger partial charge in [0.05, 0.1) is 19.9 Å². The predicted molar refractivity (Wildman–Crippen MR) is 95.2 cm³/mol. The molecule has 0 unspecified atom stereocenters. The fourth-order valence-corrected chi connectivity index (χ4v) is 2.04. The van der Waals surface area contributed by atoms with Crippen LogP contribution in [0.1, 0.15) is 15.9 Å². The molecule has 0 aliphatic rings. The Hall–Kier alpha value is -2.67. The van der Waals surface area contributed by atoms with Gasteiger partial charge in [-0.25, -0.2) is 5.43 Å². The molecule has 0 saturated carbocycles. The van der Waals surface area contributed by atoms with Crippen LogP contribution in [0, 0.1) is 0 Å². The zero-order valence-corrected chi connectivity index (χ0v) is 14.5. The summed E-state index contributed by atoms with van der Waals surface area (Å²) >= 11 is 3.34. The van der Waals surface area contributed by atoms with Crippen LogP contribution in [-0.4, -0.2) is 31.7 Å². The van der Waals surface area contributed by atoms with Gasteiger partial charge in [-0.05, 0) is 42.0 Å². The van der Waals surface area contributed by atoms with Crippen LogP contribution in [-0.2, 0) is 4.79 Å². The zero-order valence-electron chi connectivity index (χ0n) is 13.0. The van der Waals surface area contributed by atoms with Gasteiger partial charge in [0, 0.05) is 10.0 Å². The van der Waals surface area contributed by atoms with Crippen molar-refractivity contribution < 1.29 is 14.3 Å². The van der Waals surface area contributed by atoms with Gasteiger partial charge in [0.2, 0.25) is 0 Å². The second kappa shape index (κ2) is 8.83. The summed E-state index contributed by atoms with van der Waals surface area (Å²) in [6.07, 6.45) is 1.52. The van der Waals surface area contributed by atoms with E-state index in [9.17, 15) is 9.59 Å². The van der Waals surface area contributed by atoms with Gasteiger partial charge >= 0.3 is 0 Å². The van der Waals surface area contributed by atoms with Crippen molar-refractivity contribution in [1.29, 1.82) is 0 Å². The molecule has 0 spiro atoms. The van der Waals surface area contributed by atoms with E-state index < -0.39 is 5.91 Å². The molecular formula is C17H16BrN3O3. The number of carbonyl (C=O) groups is 2. The molecule has 0 bridgehead atoms. The third-order valence-electron chi connectivity index (χ3n) is 3.03. The molecule has 0 aliphatic heterocycles. The van der Waals surface area contributed by atoms with Gasteiger partial charge in [0.15, 0.2) is 0 Å². The van der Waals surface area contributed by atoms with Crippen molar-refractivity contribution >= 4 is 34.0 Å². The van der Waals surface area contributed by atoms with Gasteiger partial charge in [-0.15, -0.1) is 0 Å². The van der Waals surface area contributed by atoms with Crippen molar-refractivity contribution in [2.24, 2.45) is 5.10 Å². The maximum absolute atomic E-state index is 11.9. The second-order valence-electron chi connectivity index (χ2n) is 4.76. The number of hydrogen-bond donors (Lipinski definition) is 2. The molecule has 2 aromatic carbocycles. The molecular weight excluding hydrogens is 374 g/mol. The predicted octanol–water partition coefficient (Wildman–Crippen LogP) is 2.34. The average molecular weight is 390 g/mol. The first-order chi connectivity index (χ1) is 11.6. The van der Waals surface area contributed by atoms with Crippen LogP contribution in [0.2, 0.25) is 0 Å². The number of ether oxygens (including phenoxy) is 1. The lowest BCUT2D eigenvalue weighted by Crippen LogP contribution is -2.34. The van der Waals surface area contributed by atoms with Crippen molar-refractivity contribution in [1.82, 2.24) is 10.7 Å². The summed E-state index contributed by atoms with van der Waals surface area (Å²) in [5, 5.41) is 6.36. The molecule has 2 rings (SSSR count). The highest BCUT2D eigenvalue weighted by atomic mass is 79.9. The fourth-order valence-electron chi connectivity index (χ4n) is 1.77. The largest absolute Gasteiger partial charge is 0.497 e. The molecule has 24 heavy (non-hydrogen) atoms. The van der Waals surface area contributed by atoms with E-state index in [4.69, 9.17) is 4.74 Å². The van der Waals surface area contributed by atoms with Crippen molar-refractivity contribution in [3.05, 3.63) is 64.1 Å². The Morgan fingerprint density at radius 1 is 1.12 bits per heavy atom. The third-order valence-corrected chi connectivity index (χ3v) is 3.56. The van der Waals surface area contributed by atoms with Crippen LogP contribution in [0.3, 0.4) is 0 Å². The first kappa shape index (κ1) is 17.7. The molecule has 2 N–H and O–H groups in total. The number of rotatable bonds is 6. The zero-order chi connectivity index (χ0) is 17.4. The molecule has 0 aromatic heterocycles. The maximum atomic E-state index is 11.9. The van der Waals surface area contributed by atoms with E-state index in [1.165, 1.54) is 6.21 Å². The number of halogens is 1. The number of nitrogens with zero attached hydrogens (tertiary/aromatic N) is 1. The molecule has 2 aromatic rings. The van der Waals surface area contributed by atoms with E-state index in [-0.39, 0.29) is 12.5 Å². The summed E-state index contributed by atoms with van der Waals surface area (Å²) < 4.78 is 5.98. The monoisotopic (exact) mass is 389 g/mol. The Balaban J connectivity index is 1.77. The topological polar surface area (TPSA) is 79.8 Å². The first-order valence-corrected chi connectivity index (χ1v) is 7.87. The summed E-state index contributed by atoms with van der Waals surface area (Å²) in [6.45, 7) is -0.164. The van der Waals surface area contributed by atoms with Gasteiger partial charge < -0.3 is 10.1 Å². The van der Waals surface area contributed by atoms with Crippen molar-refractivity contribution in [2.45, 2.75) is 0 Å². The smallest absolute Gasteiger partial charge is 0.259 e. The first-order valence-electron chi connectivity index (χ1n) is 7.08. The van der Waals surface area contributed by atoms with Crippen LogP contribution < -0.4 is 15.5 Å². The minimum Gasteiger partial charge on any atom is -0.497 e. The molecule has 0 atom stereocenters. The van der Waals surface area contributed by atoms with Crippen LogP contribution in [0.4, 0.5) is 0 Å². The van der Waals surface area contributed by atoms with Crippen LogP contribution >= 0.6 is 15.9 Å². The minimum atomic E-state index is -0.412. The van der Waals surface area contributed by atoms with E-state index in [0.717, 1.165) is 10.0 Å². The van der Waals surface area contributed by atoms with Crippen LogP contribution in [0.15, 0.2) is 58.1 Å². The molecule has 0 fully saturated rings. The van der Waals surface area contributed by atoms with E-state index in [0.29, 0.717) is 11.3 Å². The molecule has 2 amide bonds. The van der Waals surface area contributed by atoms with E-state index >= 15 is 0 Å². The van der Waals surface area contributed by atoms with Gasteiger partial charge in [-0.2, -0.15) is 5.10 Å². The van der Waals surface area contributed by atoms with E-state index in [2.05, 4.69) is 31.8 Å². The number of hydrogen-bond acceptors (Lipinski definition) is 4. The van der Waals surface area contributed by atoms with Crippen LogP contribution in [0.5, 0.6) is 5.75 Å². The Kier molecular flexibility index (Phi) is 6.51. The maximum Gasteiger partial charge on any atom is 0.259 e. The van der Waals surface area contributed by atoms with Crippen LogP contribution in [0.25, 0.3) is 0 Å². The summed E-state index contributed by atoms with van der Waals surface area (Å²) in [7, 11) is 1.55. The lowest BCUT2D eigenvalue weighted by molar-refractivity contribution is -0.120. The van der Waals surface area contributed by atoms with E-state index in [1.54, 1.807) is 31.4 Å². The summed E-state index contributed by atoms with van der Waals surface area (Å²) in [5.74, 6) is -0.0958. The number of methoxy groups -OCH3 is 1. The highest BCUT2D eigenvalue weighted by Gasteiger charge is 2.07. The minimum absolute atomic E-state index is 0.164.